The molecule has 0 fully saturated rings. The zero-order chi connectivity index (χ0) is 20.7. The lowest BCUT2D eigenvalue weighted by Gasteiger charge is -2.06. The number of hydrogen-bond acceptors (Lipinski definition) is 2. The first-order chi connectivity index (χ1) is 14.4. The first-order valence-electron chi connectivity index (χ1n) is 12.6. The SMILES string of the molecule is CCCCCCCCCCCCCCCCCCOCCOCc1ccccc1. The third-order valence-corrected chi connectivity index (χ3v) is 5.63. The van der Waals surface area contributed by atoms with Crippen molar-refractivity contribution < 1.29 is 9.47 Å². The summed E-state index contributed by atoms with van der Waals surface area (Å²) < 4.78 is 11.3. The van der Waals surface area contributed by atoms with Crippen LogP contribution in [-0.2, 0) is 16.1 Å². The fraction of sp³-hybridized carbons (Fsp3) is 0.778. The molecule has 2 heteroatoms. The molecule has 0 atom stereocenters. The molecule has 0 aliphatic carbocycles. The Bertz CT molecular complexity index is 418. The molecule has 0 saturated heterocycles. The van der Waals surface area contributed by atoms with Crippen LogP contribution in [0.15, 0.2) is 30.3 Å². The Balaban J connectivity index is 1.66. The van der Waals surface area contributed by atoms with Crippen LogP contribution in [0.1, 0.15) is 115 Å². The molecule has 0 unspecified atom stereocenters. The summed E-state index contributed by atoms with van der Waals surface area (Å²) in [6.45, 7) is 5.26. The van der Waals surface area contributed by atoms with Crippen molar-refractivity contribution in [2.45, 2.75) is 116 Å². The van der Waals surface area contributed by atoms with Gasteiger partial charge in [-0.1, -0.05) is 134 Å². The molecule has 0 heterocycles. The summed E-state index contributed by atoms with van der Waals surface area (Å²) in [5, 5.41) is 0. The van der Waals surface area contributed by atoms with E-state index in [9.17, 15) is 0 Å². The lowest BCUT2D eigenvalue weighted by molar-refractivity contribution is 0.0392. The molecule has 0 radical (unpaired) electrons. The maximum absolute atomic E-state index is 5.67. The van der Waals surface area contributed by atoms with Crippen molar-refractivity contribution >= 4 is 0 Å². The van der Waals surface area contributed by atoms with Crippen molar-refractivity contribution in [2.75, 3.05) is 19.8 Å². The van der Waals surface area contributed by atoms with Crippen LogP contribution in [0, 0.1) is 0 Å². The Kier molecular flexibility index (Phi) is 19.7. The standard InChI is InChI=1S/C27H48O2/c1-2-3-4-5-6-7-8-9-10-11-12-13-14-15-16-20-23-28-24-25-29-26-27-21-18-17-19-22-27/h17-19,21-22H,2-16,20,23-26H2,1H3. The molecule has 0 amide bonds. The summed E-state index contributed by atoms with van der Waals surface area (Å²) in [6, 6.07) is 10.3. The maximum atomic E-state index is 5.67. The van der Waals surface area contributed by atoms with Gasteiger partial charge >= 0.3 is 0 Å². The third kappa shape index (κ3) is 18.9. The average molecular weight is 405 g/mol. The summed E-state index contributed by atoms with van der Waals surface area (Å²) in [5.41, 5.74) is 1.23. The lowest BCUT2D eigenvalue weighted by Crippen LogP contribution is -2.05. The van der Waals surface area contributed by atoms with Crippen LogP contribution >= 0.6 is 0 Å². The largest absolute Gasteiger partial charge is 0.379 e. The molecular weight excluding hydrogens is 356 g/mol. The van der Waals surface area contributed by atoms with E-state index in [2.05, 4.69) is 19.1 Å². The number of benzene rings is 1. The highest BCUT2D eigenvalue weighted by molar-refractivity contribution is 5.13. The van der Waals surface area contributed by atoms with E-state index >= 15 is 0 Å². The van der Waals surface area contributed by atoms with E-state index in [0.29, 0.717) is 19.8 Å². The van der Waals surface area contributed by atoms with Crippen molar-refractivity contribution in [3.05, 3.63) is 35.9 Å². The zero-order valence-electron chi connectivity index (χ0n) is 19.3. The molecule has 168 valence electrons. The quantitative estimate of drug-likeness (QED) is 0.180. The predicted molar refractivity (Wildman–Crippen MR) is 126 cm³/mol. The highest BCUT2D eigenvalue weighted by atomic mass is 16.5. The predicted octanol–water partition coefficient (Wildman–Crippen LogP) is 8.48. The van der Waals surface area contributed by atoms with Crippen molar-refractivity contribution in [2.24, 2.45) is 0 Å². The van der Waals surface area contributed by atoms with Crippen LogP contribution in [0.5, 0.6) is 0 Å². The second-order valence-electron chi connectivity index (χ2n) is 8.45. The molecule has 0 aromatic heterocycles. The van der Waals surface area contributed by atoms with Crippen molar-refractivity contribution in [3.8, 4) is 0 Å². The van der Waals surface area contributed by atoms with Gasteiger partial charge in [-0.25, -0.2) is 0 Å². The summed E-state index contributed by atoms with van der Waals surface area (Å²) in [7, 11) is 0. The van der Waals surface area contributed by atoms with E-state index in [1.54, 1.807) is 0 Å². The van der Waals surface area contributed by atoms with Gasteiger partial charge in [0.2, 0.25) is 0 Å². The van der Waals surface area contributed by atoms with Crippen molar-refractivity contribution in [1.29, 1.82) is 0 Å². The second-order valence-corrected chi connectivity index (χ2v) is 8.45. The van der Waals surface area contributed by atoms with E-state index in [-0.39, 0.29) is 0 Å². The summed E-state index contributed by atoms with van der Waals surface area (Å²) in [4.78, 5) is 0. The van der Waals surface area contributed by atoms with E-state index in [0.717, 1.165) is 6.61 Å². The van der Waals surface area contributed by atoms with Crippen LogP contribution < -0.4 is 0 Å². The van der Waals surface area contributed by atoms with Gasteiger partial charge in [0.15, 0.2) is 0 Å². The first-order valence-corrected chi connectivity index (χ1v) is 12.6. The fourth-order valence-corrected chi connectivity index (χ4v) is 3.74. The fourth-order valence-electron chi connectivity index (χ4n) is 3.74. The van der Waals surface area contributed by atoms with E-state index < -0.39 is 0 Å². The molecule has 1 aromatic rings. The first kappa shape index (κ1) is 26.2. The molecule has 1 aromatic carbocycles. The van der Waals surface area contributed by atoms with Gasteiger partial charge < -0.3 is 9.47 Å². The molecule has 0 aliphatic rings. The molecule has 0 aliphatic heterocycles. The molecule has 0 spiro atoms. The minimum Gasteiger partial charge on any atom is -0.379 e. The molecule has 1 rings (SSSR count). The Morgan fingerprint density at radius 3 is 1.45 bits per heavy atom. The highest BCUT2D eigenvalue weighted by Gasteiger charge is 1.96. The van der Waals surface area contributed by atoms with Crippen LogP contribution in [-0.4, -0.2) is 19.8 Å². The zero-order valence-corrected chi connectivity index (χ0v) is 19.3. The smallest absolute Gasteiger partial charge is 0.0718 e. The molecule has 0 saturated carbocycles. The van der Waals surface area contributed by atoms with Gasteiger partial charge in [-0.05, 0) is 12.0 Å². The summed E-state index contributed by atoms with van der Waals surface area (Å²) >= 11 is 0. The monoisotopic (exact) mass is 404 g/mol. The summed E-state index contributed by atoms with van der Waals surface area (Å²) in [6.07, 6.45) is 22.6. The Labute approximate surface area is 181 Å². The Hall–Kier alpha value is -0.860. The molecule has 0 N–H and O–H groups in total. The number of rotatable bonds is 22. The normalized spacial score (nSPS) is 11.2. The van der Waals surface area contributed by atoms with Crippen LogP contribution in [0.4, 0.5) is 0 Å². The van der Waals surface area contributed by atoms with E-state index in [1.807, 2.05) is 18.2 Å². The third-order valence-electron chi connectivity index (χ3n) is 5.63. The van der Waals surface area contributed by atoms with Gasteiger partial charge in [-0.15, -0.1) is 0 Å². The topological polar surface area (TPSA) is 18.5 Å². The molecule has 0 bridgehead atoms. The number of unbranched alkanes of at least 4 members (excludes halogenated alkanes) is 15. The minimum absolute atomic E-state index is 0.684. The van der Waals surface area contributed by atoms with E-state index in [4.69, 9.17) is 9.47 Å². The van der Waals surface area contributed by atoms with Gasteiger partial charge in [0.1, 0.15) is 0 Å². The average Bonchev–Trinajstić information content (AvgIpc) is 2.75. The lowest BCUT2D eigenvalue weighted by atomic mass is 10.0. The maximum Gasteiger partial charge on any atom is 0.0718 e. The Morgan fingerprint density at radius 2 is 0.931 bits per heavy atom. The number of hydrogen-bond donors (Lipinski definition) is 0. The van der Waals surface area contributed by atoms with Gasteiger partial charge in [0.05, 0.1) is 19.8 Å². The van der Waals surface area contributed by atoms with Gasteiger partial charge in [0, 0.05) is 6.61 Å². The molecule has 29 heavy (non-hydrogen) atoms. The molecular formula is C27H48O2. The van der Waals surface area contributed by atoms with E-state index in [1.165, 1.54) is 108 Å². The van der Waals surface area contributed by atoms with Crippen LogP contribution in [0.3, 0.4) is 0 Å². The second kappa shape index (κ2) is 21.8. The van der Waals surface area contributed by atoms with Crippen LogP contribution in [0.25, 0.3) is 0 Å². The molecule has 2 nitrogen and oxygen atoms in total. The van der Waals surface area contributed by atoms with Gasteiger partial charge in [-0.2, -0.15) is 0 Å². The van der Waals surface area contributed by atoms with Crippen LogP contribution in [0.2, 0.25) is 0 Å². The number of ether oxygens (including phenoxy) is 2. The Morgan fingerprint density at radius 1 is 0.483 bits per heavy atom. The highest BCUT2D eigenvalue weighted by Crippen LogP contribution is 2.13. The van der Waals surface area contributed by atoms with Crippen molar-refractivity contribution in [1.82, 2.24) is 0 Å². The van der Waals surface area contributed by atoms with Gasteiger partial charge in [0.25, 0.3) is 0 Å². The minimum atomic E-state index is 0.684. The van der Waals surface area contributed by atoms with Crippen molar-refractivity contribution in [3.63, 3.8) is 0 Å². The summed E-state index contributed by atoms with van der Waals surface area (Å²) in [5.74, 6) is 0. The van der Waals surface area contributed by atoms with Gasteiger partial charge in [-0.3, -0.25) is 0 Å².